The molecule has 3 heterocycles. The van der Waals surface area contributed by atoms with E-state index in [1.807, 2.05) is 24.3 Å². The fourth-order valence-electron chi connectivity index (χ4n) is 4.77. The summed E-state index contributed by atoms with van der Waals surface area (Å²) in [6, 6.07) is 19.7. The van der Waals surface area contributed by atoms with Gasteiger partial charge >= 0.3 is 0 Å². The van der Waals surface area contributed by atoms with E-state index in [1.54, 1.807) is 22.8 Å². The second kappa shape index (κ2) is 7.06. The normalized spacial score (nSPS) is 20.6. The lowest BCUT2D eigenvalue weighted by Crippen LogP contribution is -2.61. The number of benzene rings is 2. The summed E-state index contributed by atoms with van der Waals surface area (Å²) >= 11 is 0. The van der Waals surface area contributed by atoms with Crippen molar-refractivity contribution in [2.45, 2.75) is 31.5 Å². The number of hydrogen-bond donors (Lipinski definition) is 1. The monoisotopic (exact) mass is 401 g/mol. The Kier molecular flexibility index (Phi) is 4.35. The Bertz CT molecular complexity index is 1170. The van der Waals surface area contributed by atoms with Gasteiger partial charge in [-0.25, -0.2) is 0 Å². The van der Waals surface area contributed by atoms with Gasteiger partial charge in [0.2, 0.25) is 5.43 Å². The van der Waals surface area contributed by atoms with Gasteiger partial charge in [-0.3, -0.25) is 19.3 Å². The quantitative estimate of drug-likeness (QED) is 0.681. The van der Waals surface area contributed by atoms with Crippen LogP contribution < -0.4 is 10.4 Å². The molecule has 0 unspecified atom stereocenters. The molecule has 0 bridgehead atoms. The van der Waals surface area contributed by atoms with Crippen molar-refractivity contribution in [1.82, 2.24) is 9.58 Å². The van der Waals surface area contributed by atoms with Crippen LogP contribution in [0.2, 0.25) is 0 Å². The summed E-state index contributed by atoms with van der Waals surface area (Å²) in [5, 5.41) is 12.6. The molecule has 1 N–H and O–H groups in total. The summed E-state index contributed by atoms with van der Waals surface area (Å²) in [6.45, 7) is 0. The number of fused-ring (bicyclic) bond motifs is 4. The van der Waals surface area contributed by atoms with Gasteiger partial charge in [-0.2, -0.15) is 0 Å². The highest BCUT2D eigenvalue weighted by atomic mass is 16.3. The van der Waals surface area contributed by atoms with Crippen molar-refractivity contribution in [3.63, 3.8) is 0 Å². The maximum Gasteiger partial charge on any atom is 0.277 e. The molecule has 1 amide bonds. The van der Waals surface area contributed by atoms with E-state index in [-0.39, 0.29) is 23.8 Å². The zero-order chi connectivity index (χ0) is 20.8. The van der Waals surface area contributed by atoms with Crippen LogP contribution in [0.4, 0.5) is 0 Å². The van der Waals surface area contributed by atoms with Crippen molar-refractivity contribution in [2.75, 3.05) is 12.1 Å². The van der Waals surface area contributed by atoms with Crippen molar-refractivity contribution in [3.8, 4) is 5.75 Å². The average molecular weight is 401 g/mol. The second-order valence-electron chi connectivity index (χ2n) is 7.90. The largest absolute Gasteiger partial charge is 0.502 e. The minimum Gasteiger partial charge on any atom is -0.502 e. The van der Waals surface area contributed by atoms with Crippen LogP contribution in [-0.2, 0) is 6.42 Å². The number of aromatic hydroxyl groups is 1. The van der Waals surface area contributed by atoms with Crippen molar-refractivity contribution in [2.24, 2.45) is 0 Å². The summed E-state index contributed by atoms with van der Waals surface area (Å²) in [5.41, 5.74) is 2.99. The van der Waals surface area contributed by atoms with E-state index in [9.17, 15) is 14.7 Å². The third kappa shape index (κ3) is 2.71. The van der Waals surface area contributed by atoms with Gasteiger partial charge in [0.1, 0.15) is 6.17 Å². The van der Waals surface area contributed by atoms with E-state index in [0.717, 1.165) is 24.8 Å². The molecular formula is C24H23N3O3. The first kappa shape index (κ1) is 18.5. The second-order valence-corrected chi connectivity index (χ2v) is 7.90. The lowest BCUT2D eigenvalue weighted by atomic mass is 9.88. The fourth-order valence-corrected chi connectivity index (χ4v) is 4.77. The Balaban J connectivity index is 1.83. The van der Waals surface area contributed by atoms with E-state index in [1.165, 1.54) is 17.2 Å². The van der Waals surface area contributed by atoms with Gasteiger partial charge < -0.3 is 10.0 Å². The number of carbonyl (C=O) groups excluding carboxylic acids is 1. The Morgan fingerprint density at radius 2 is 1.70 bits per heavy atom. The van der Waals surface area contributed by atoms with E-state index in [0.29, 0.717) is 0 Å². The predicted octanol–water partition coefficient (Wildman–Crippen LogP) is 3.03. The van der Waals surface area contributed by atoms with Crippen LogP contribution in [0.3, 0.4) is 0 Å². The molecule has 2 atom stereocenters. The SMILES string of the molecule is CN1C(=O)c2c(O)c(=O)ccn2N2[C@@H](c3ccccc3)c3ccccc3CCC[C@H]12. The third-order valence-electron chi connectivity index (χ3n) is 6.22. The van der Waals surface area contributed by atoms with E-state index in [2.05, 4.69) is 35.3 Å². The number of nitrogens with zero attached hydrogens (tertiary/aromatic N) is 3. The number of hydrogen-bond acceptors (Lipinski definition) is 4. The molecule has 6 heteroatoms. The molecule has 5 rings (SSSR count). The van der Waals surface area contributed by atoms with Crippen LogP contribution in [0.1, 0.15) is 46.1 Å². The number of rotatable bonds is 1. The molecule has 0 aliphatic carbocycles. The van der Waals surface area contributed by atoms with Crippen molar-refractivity contribution >= 4 is 5.91 Å². The van der Waals surface area contributed by atoms with Gasteiger partial charge in [0.05, 0.1) is 6.04 Å². The number of amides is 1. The van der Waals surface area contributed by atoms with E-state index in [4.69, 9.17) is 0 Å². The molecule has 6 nitrogen and oxygen atoms in total. The summed E-state index contributed by atoms with van der Waals surface area (Å²) in [6.07, 6.45) is 4.06. The third-order valence-corrected chi connectivity index (χ3v) is 6.22. The first-order valence-electron chi connectivity index (χ1n) is 10.2. The molecule has 1 aromatic heterocycles. The topological polar surface area (TPSA) is 65.8 Å². The Hall–Kier alpha value is -3.54. The van der Waals surface area contributed by atoms with Crippen LogP contribution in [0, 0.1) is 0 Å². The van der Waals surface area contributed by atoms with Crippen LogP contribution >= 0.6 is 0 Å². The van der Waals surface area contributed by atoms with Crippen LogP contribution in [0.5, 0.6) is 5.75 Å². The molecule has 0 fully saturated rings. The summed E-state index contributed by atoms with van der Waals surface area (Å²) in [5.74, 6) is -0.845. The average Bonchev–Trinajstić information content (AvgIpc) is 2.75. The highest BCUT2D eigenvalue weighted by Gasteiger charge is 2.42. The molecule has 2 aromatic carbocycles. The number of carbonyl (C=O) groups is 1. The number of aryl methyl sites for hydroxylation is 1. The van der Waals surface area contributed by atoms with Crippen LogP contribution in [0.25, 0.3) is 0 Å². The van der Waals surface area contributed by atoms with Gasteiger partial charge in [-0.15, -0.1) is 0 Å². The molecule has 0 saturated carbocycles. The molecule has 2 aliphatic heterocycles. The highest BCUT2D eigenvalue weighted by Crippen LogP contribution is 2.38. The molecule has 3 aromatic rings. The van der Waals surface area contributed by atoms with Gasteiger partial charge in [0.25, 0.3) is 5.91 Å². The number of pyridine rings is 1. The van der Waals surface area contributed by atoms with Gasteiger partial charge in [0, 0.05) is 19.3 Å². The van der Waals surface area contributed by atoms with Crippen LogP contribution in [0.15, 0.2) is 71.7 Å². The zero-order valence-electron chi connectivity index (χ0n) is 16.7. The van der Waals surface area contributed by atoms with Gasteiger partial charge in [-0.1, -0.05) is 54.6 Å². The zero-order valence-corrected chi connectivity index (χ0v) is 16.7. The lowest BCUT2D eigenvalue weighted by molar-refractivity contribution is 0.0600. The summed E-state index contributed by atoms with van der Waals surface area (Å²) in [7, 11) is 1.75. The minimum absolute atomic E-state index is 0.0141. The minimum atomic E-state index is -0.551. The molecule has 0 saturated heterocycles. The standard InChI is InChI=1S/C24H23N3O3/c1-25-20-13-7-11-16-8-5-6-12-18(16)21(17-9-3-2-4-10-17)27(20)26-15-14-19(28)23(29)22(26)24(25)30/h2-6,8-10,12,14-15,20-21,29H,7,11,13H2,1H3/t20-,21+/m1/s1. The van der Waals surface area contributed by atoms with Gasteiger partial charge in [0.15, 0.2) is 11.4 Å². The predicted molar refractivity (Wildman–Crippen MR) is 114 cm³/mol. The Morgan fingerprint density at radius 3 is 2.50 bits per heavy atom. The summed E-state index contributed by atoms with van der Waals surface area (Å²) < 4.78 is 1.68. The molecule has 0 spiro atoms. The smallest absolute Gasteiger partial charge is 0.277 e. The van der Waals surface area contributed by atoms with Crippen molar-refractivity contribution in [3.05, 3.63) is 99.5 Å². The Labute approximate surface area is 174 Å². The maximum atomic E-state index is 13.1. The van der Waals surface area contributed by atoms with Crippen molar-refractivity contribution in [1.29, 1.82) is 0 Å². The van der Waals surface area contributed by atoms with Crippen molar-refractivity contribution < 1.29 is 9.90 Å². The molecule has 2 aliphatic rings. The fraction of sp³-hybridized carbons (Fsp3) is 0.250. The number of aromatic nitrogens is 1. The van der Waals surface area contributed by atoms with Crippen LogP contribution in [-0.4, -0.2) is 33.8 Å². The first-order chi connectivity index (χ1) is 14.6. The molecule has 0 radical (unpaired) electrons. The van der Waals surface area contributed by atoms with E-state index >= 15 is 0 Å². The Morgan fingerprint density at radius 1 is 0.967 bits per heavy atom. The first-order valence-corrected chi connectivity index (χ1v) is 10.2. The van der Waals surface area contributed by atoms with Gasteiger partial charge in [-0.05, 0) is 36.0 Å². The lowest BCUT2D eigenvalue weighted by Gasteiger charge is -2.50. The maximum absolute atomic E-state index is 13.1. The summed E-state index contributed by atoms with van der Waals surface area (Å²) in [4.78, 5) is 26.9. The molecule has 30 heavy (non-hydrogen) atoms. The molecular weight excluding hydrogens is 378 g/mol. The van der Waals surface area contributed by atoms with E-state index < -0.39 is 11.2 Å². The highest BCUT2D eigenvalue weighted by molar-refractivity contribution is 5.96. The molecule has 152 valence electrons.